The Balaban J connectivity index is 1.78. The number of carbonyl (C=O) groups excluding carboxylic acids is 2. The van der Waals surface area contributed by atoms with Crippen LogP contribution in [-0.4, -0.2) is 16.7 Å². The van der Waals surface area contributed by atoms with Crippen LogP contribution in [0.5, 0.6) is 0 Å². The first-order chi connectivity index (χ1) is 14.3. The number of aromatic nitrogens is 1. The molecule has 30 heavy (non-hydrogen) atoms. The molecule has 6 heteroatoms. The molecule has 5 nitrogen and oxygen atoms in total. The number of anilines is 1. The van der Waals surface area contributed by atoms with E-state index in [4.69, 9.17) is 0 Å². The Kier molecular flexibility index (Phi) is 5.24. The Hall–Kier alpha value is -3.28. The minimum absolute atomic E-state index is 0.0248. The third-order valence-electron chi connectivity index (χ3n) is 5.63. The van der Waals surface area contributed by atoms with Crippen LogP contribution in [0.15, 0.2) is 65.1 Å². The van der Waals surface area contributed by atoms with Crippen LogP contribution < -0.4 is 10.6 Å². The molecule has 2 heterocycles. The van der Waals surface area contributed by atoms with Gasteiger partial charge in [0.05, 0.1) is 0 Å². The third kappa shape index (κ3) is 3.77. The second-order valence-electron chi connectivity index (χ2n) is 8.15. The summed E-state index contributed by atoms with van der Waals surface area (Å²) in [7, 11) is 0. The summed E-state index contributed by atoms with van der Waals surface area (Å²) in [6.07, 6.45) is 2.86. The maximum absolute atomic E-state index is 13.6. The van der Waals surface area contributed by atoms with Gasteiger partial charge in [-0.05, 0) is 55.5 Å². The molecular formula is C24H24FN3O2. The van der Waals surface area contributed by atoms with Gasteiger partial charge in [-0.3, -0.25) is 9.59 Å². The zero-order chi connectivity index (χ0) is 21.4. The van der Waals surface area contributed by atoms with E-state index in [-0.39, 0.29) is 23.4 Å². The monoisotopic (exact) mass is 405 g/mol. The Morgan fingerprint density at radius 3 is 2.53 bits per heavy atom. The first-order valence-electron chi connectivity index (χ1n) is 10.1. The molecule has 1 amide bonds. The highest BCUT2D eigenvalue weighted by Gasteiger charge is 2.39. The zero-order valence-electron chi connectivity index (χ0n) is 17.3. The molecular weight excluding hydrogens is 381 g/mol. The van der Waals surface area contributed by atoms with Crippen molar-refractivity contribution in [3.8, 4) is 0 Å². The summed E-state index contributed by atoms with van der Waals surface area (Å²) in [6.45, 7) is 5.80. The number of carbonyl (C=O) groups is 2. The number of rotatable bonds is 3. The molecule has 2 atom stereocenters. The van der Waals surface area contributed by atoms with E-state index < -0.39 is 5.92 Å². The van der Waals surface area contributed by atoms with Crippen molar-refractivity contribution in [1.29, 1.82) is 0 Å². The number of aryl methyl sites for hydroxylation is 1. The minimum Gasteiger partial charge on any atom is -0.362 e. The summed E-state index contributed by atoms with van der Waals surface area (Å²) in [6, 6.07) is 9.62. The molecule has 0 saturated heterocycles. The number of hydrogen-bond donors (Lipinski definition) is 2. The molecule has 0 unspecified atom stereocenters. The van der Waals surface area contributed by atoms with Crippen molar-refractivity contribution in [2.75, 3.05) is 5.32 Å². The lowest BCUT2D eigenvalue weighted by atomic mass is 9.73. The quantitative estimate of drug-likeness (QED) is 0.795. The summed E-state index contributed by atoms with van der Waals surface area (Å²) in [5.74, 6) is -0.543. The van der Waals surface area contributed by atoms with Gasteiger partial charge in [0.2, 0.25) is 0 Å². The van der Waals surface area contributed by atoms with Crippen molar-refractivity contribution < 1.29 is 14.0 Å². The molecule has 0 bridgehead atoms. The number of amides is 1. The maximum Gasteiger partial charge on any atom is 0.255 e. The topological polar surface area (TPSA) is 71.1 Å². The zero-order valence-corrected chi connectivity index (χ0v) is 17.3. The van der Waals surface area contributed by atoms with Crippen molar-refractivity contribution >= 4 is 17.5 Å². The van der Waals surface area contributed by atoms with E-state index >= 15 is 0 Å². The van der Waals surface area contributed by atoms with Crippen LogP contribution in [0.2, 0.25) is 0 Å². The number of halogens is 1. The van der Waals surface area contributed by atoms with E-state index in [1.54, 1.807) is 24.4 Å². The number of ketones is 1. The van der Waals surface area contributed by atoms with E-state index in [1.807, 2.05) is 26.8 Å². The Bertz CT molecular complexity index is 1070. The number of nitrogens with one attached hydrogen (secondary N) is 2. The molecule has 2 N–H and O–H groups in total. The van der Waals surface area contributed by atoms with Crippen LogP contribution in [0.3, 0.4) is 0 Å². The summed E-state index contributed by atoms with van der Waals surface area (Å²) in [5.41, 5.74) is 4.31. The van der Waals surface area contributed by atoms with E-state index in [0.717, 1.165) is 23.2 Å². The molecule has 0 saturated carbocycles. The summed E-state index contributed by atoms with van der Waals surface area (Å²) in [5, 5.41) is 6.14. The highest BCUT2D eigenvalue weighted by molar-refractivity contribution is 6.09. The number of benzene rings is 1. The number of allylic oxidation sites excluding steroid dienone is 3. The van der Waals surface area contributed by atoms with Gasteiger partial charge in [0, 0.05) is 41.1 Å². The highest BCUT2D eigenvalue weighted by Crippen LogP contribution is 2.43. The van der Waals surface area contributed by atoms with Crippen LogP contribution in [0.4, 0.5) is 10.2 Å². The predicted octanol–water partition coefficient (Wildman–Crippen LogP) is 4.38. The Morgan fingerprint density at radius 1 is 1.13 bits per heavy atom. The largest absolute Gasteiger partial charge is 0.362 e. The van der Waals surface area contributed by atoms with Crippen molar-refractivity contribution in [3.63, 3.8) is 0 Å². The van der Waals surface area contributed by atoms with Gasteiger partial charge in [0.1, 0.15) is 11.6 Å². The van der Waals surface area contributed by atoms with Gasteiger partial charge < -0.3 is 10.6 Å². The average molecular weight is 405 g/mol. The average Bonchev–Trinajstić information content (AvgIpc) is 2.69. The van der Waals surface area contributed by atoms with Crippen LogP contribution in [-0.2, 0) is 9.59 Å². The first kappa shape index (κ1) is 20.0. The molecule has 2 aromatic rings. The smallest absolute Gasteiger partial charge is 0.255 e. The molecule has 1 aromatic carbocycles. The number of dihydropyridines is 1. The van der Waals surface area contributed by atoms with Crippen molar-refractivity contribution in [3.05, 3.63) is 82.1 Å². The van der Waals surface area contributed by atoms with Crippen LogP contribution >= 0.6 is 0 Å². The Labute approximate surface area is 175 Å². The third-order valence-corrected chi connectivity index (χ3v) is 5.63. The molecule has 0 fully saturated rings. The number of nitrogens with zero attached hydrogens (tertiary/aromatic N) is 1. The molecule has 1 aliphatic heterocycles. The van der Waals surface area contributed by atoms with Gasteiger partial charge in [-0.15, -0.1) is 0 Å². The fourth-order valence-electron chi connectivity index (χ4n) is 4.25. The fourth-order valence-corrected chi connectivity index (χ4v) is 4.25. The van der Waals surface area contributed by atoms with Gasteiger partial charge in [-0.1, -0.05) is 25.1 Å². The van der Waals surface area contributed by atoms with E-state index in [0.29, 0.717) is 29.1 Å². The second kappa shape index (κ2) is 7.86. The van der Waals surface area contributed by atoms with E-state index in [2.05, 4.69) is 15.6 Å². The molecule has 1 aromatic heterocycles. The van der Waals surface area contributed by atoms with Crippen molar-refractivity contribution in [2.45, 2.75) is 39.5 Å². The molecule has 1 aliphatic carbocycles. The van der Waals surface area contributed by atoms with Crippen LogP contribution in [0, 0.1) is 18.7 Å². The highest BCUT2D eigenvalue weighted by atomic mass is 19.1. The SMILES string of the molecule is CC1=C(C(=O)Nc2ccc(C)cn2)[C@@H](c2ccc(F)cc2)C2=C(C[C@@H](C)CC2=O)N1. The summed E-state index contributed by atoms with van der Waals surface area (Å²) >= 11 is 0. The summed E-state index contributed by atoms with van der Waals surface area (Å²) in [4.78, 5) is 30.6. The van der Waals surface area contributed by atoms with E-state index in [1.165, 1.54) is 12.1 Å². The lowest BCUT2D eigenvalue weighted by Crippen LogP contribution is -2.37. The van der Waals surface area contributed by atoms with Crippen molar-refractivity contribution in [1.82, 2.24) is 10.3 Å². The van der Waals surface area contributed by atoms with Crippen molar-refractivity contribution in [2.24, 2.45) is 5.92 Å². The minimum atomic E-state index is -0.549. The Morgan fingerprint density at radius 2 is 1.87 bits per heavy atom. The molecule has 2 aliphatic rings. The van der Waals surface area contributed by atoms with Crippen LogP contribution in [0.1, 0.15) is 43.7 Å². The summed E-state index contributed by atoms with van der Waals surface area (Å²) < 4.78 is 13.6. The standard InChI is InChI=1S/C24H24FN3O2/c1-13-4-9-20(26-12-13)28-24(30)21-15(3)27-18-10-14(2)11-19(29)23(18)22(21)16-5-7-17(25)8-6-16/h4-9,12,14,22,27H,10-11H2,1-3H3,(H,26,28,30)/t14-,22-/m1/s1. The first-order valence-corrected chi connectivity index (χ1v) is 10.1. The normalized spacial score (nSPS) is 21.3. The van der Waals surface area contributed by atoms with Gasteiger partial charge >= 0.3 is 0 Å². The lowest BCUT2D eigenvalue weighted by molar-refractivity contribution is -0.117. The van der Waals surface area contributed by atoms with Gasteiger partial charge in [-0.2, -0.15) is 0 Å². The maximum atomic E-state index is 13.6. The van der Waals surface area contributed by atoms with Crippen LogP contribution in [0.25, 0.3) is 0 Å². The number of pyridine rings is 1. The van der Waals surface area contributed by atoms with Gasteiger partial charge in [-0.25, -0.2) is 9.37 Å². The predicted molar refractivity (Wildman–Crippen MR) is 113 cm³/mol. The number of Topliss-reactive ketones (excluding diaryl/α,β-unsaturated/α-hetero) is 1. The molecule has 154 valence electrons. The second-order valence-corrected chi connectivity index (χ2v) is 8.15. The van der Waals surface area contributed by atoms with E-state index in [9.17, 15) is 14.0 Å². The van der Waals surface area contributed by atoms with Gasteiger partial charge in [0.15, 0.2) is 5.78 Å². The molecule has 0 radical (unpaired) electrons. The fraction of sp³-hybridized carbons (Fsp3) is 0.292. The molecule has 4 rings (SSSR count). The lowest BCUT2D eigenvalue weighted by Gasteiger charge is -2.36. The molecule has 0 spiro atoms. The number of hydrogen-bond acceptors (Lipinski definition) is 4. The van der Waals surface area contributed by atoms with Gasteiger partial charge in [0.25, 0.3) is 5.91 Å².